The van der Waals surface area contributed by atoms with E-state index >= 15 is 0 Å². The number of nitrogens with one attached hydrogen (secondary N) is 1. The minimum atomic E-state index is -0.282. The van der Waals surface area contributed by atoms with Gasteiger partial charge in [0.15, 0.2) is 11.5 Å². The van der Waals surface area contributed by atoms with E-state index in [1.54, 1.807) is 10.7 Å². The number of carbonyl (C=O) groups excluding carboxylic acids is 1. The average Bonchev–Trinajstić information content (AvgIpc) is 3.15. The summed E-state index contributed by atoms with van der Waals surface area (Å²) in [5.41, 5.74) is 2.04. The van der Waals surface area contributed by atoms with Gasteiger partial charge in [0, 0.05) is 31.0 Å². The van der Waals surface area contributed by atoms with E-state index in [0.717, 1.165) is 23.6 Å². The third-order valence-electron chi connectivity index (χ3n) is 4.40. The van der Waals surface area contributed by atoms with Crippen LogP contribution in [0, 0.1) is 0 Å². The number of nitrogens with zero attached hydrogens (tertiary/aromatic N) is 5. The first-order chi connectivity index (χ1) is 13.2. The minimum absolute atomic E-state index is 0.0599. The standard InChI is InChI=1S/C19H20N6O2/c1-24-12-14(11-20-24)17-13-25(9-10-27-17)18-8-7-16(22-23-18)19(26)21-15-5-3-2-4-6-15/h2-8,11-12,17H,9-10,13H2,1H3,(H,21,26)/t17-/m1/s1. The second-order valence-electron chi connectivity index (χ2n) is 6.35. The average molecular weight is 364 g/mol. The fourth-order valence-corrected chi connectivity index (χ4v) is 3.00. The van der Waals surface area contributed by atoms with Crippen molar-refractivity contribution >= 4 is 17.4 Å². The number of ether oxygens (including phenoxy) is 1. The monoisotopic (exact) mass is 364 g/mol. The highest BCUT2D eigenvalue weighted by Gasteiger charge is 2.24. The van der Waals surface area contributed by atoms with Gasteiger partial charge >= 0.3 is 0 Å². The smallest absolute Gasteiger partial charge is 0.276 e. The first-order valence-corrected chi connectivity index (χ1v) is 8.74. The summed E-state index contributed by atoms with van der Waals surface area (Å²) in [6, 6.07) is 12.8. The maximum atomic E-state index is 12.3. The lowest BCUT2D eigenvalue weighted by molar-refractivity contribution is 0.0394. The Bertz CT molecular complexity index is 909. The molecule has 1 aliphatic rings. The summed E-state index contributed by atoms with van der Waals surface area (Å²) >= 11 is 0. The Morgan fingerprint density at radius 1 is 1.19 bits per heavy atom. The summed E-state index contributed by atoms with van der Waals surface area (Å²) < 4.78 is 7.61. The first kappa shape index (κ1) is 17.2. The van der Waals surface area contributed by atoms with Crippen LogP contribution in [0.25, 0.3) is 0 Å². The molecule has 1 fully saturated rings. The molecule has 1 atom stereocenters. The molecule has 27 heavy (non-hydrogen) atoms. The summed E-state index contributed by atoms with van der Waals surface area (Å²) in [6.45, 7) is 1.98. The predicted octanol–water partition coefficient (Wildman–Crippen LogP) is 2.04. The summed E-state index contributed by atoms with van der Waals surface area (Å²) in [6.07, 6.45) is 3.71. The van der Waals surface area contributed by atoms with Crippen LogP contribution in [0.1, 0.15) is 22.2 Å². The highest BCUT2D eigenvalue weighted by molar-refractivity contribution is 6.02. The third kappa shape index (κ3) is 3.95. The quantitative estimate of drug-likeness (QED) is 0.763. The van der Waals surface area contributed by atoms with Crippen molar-refractivity contribution < 1.29 is 9.53 Å². The lowest BCUT2D eigenvalue weighted by atomic mass is 10.1. The Morgan fingerprint density at radius 2 is 2.04 bits per heavy atom. The number of aryl methyl sites for hydroxylation is 1. The molecule has 2 aromatic heterocycles. The maximum Gasteiger partial charge on any atom is 0.276 e. The molecule has 1 amide bonds. The van der Waals surface area contributed by atoms with Gasteiger partial charge in [-0.25, -0.2) is 0 Å². The molecule has 1 aliphatic heterocycles. The van der Waals surface area contributed by atoms with Crippen LogP contribution in [0.15, 0.2) is 54.9 Å². The molecule has 138 valence electrons. The summed E-state index contributed by atoms with van der Waals surface area (Å²) in [7, 11) is 1.88. The second kappa shape index (κ2) is 7.55. The zero-order valence-electron chi connectivity index (χ0n) is 14.9. The molecule has 1 N–H and O–H groups in total. The molecule has 3 heterocycles. The number of benzene rings is 1. The lowest BCUT2D eigenvalue weighted by Crippen LogP contribution is -2.39. The number of hydrogen-bond donors (Lipinski definition) is 1. The van der Waals surface area contributed by atoms with Crippen LogP contribution >= 0.6 is 0 Å². The van der Waals surface area contributed by atoms with Crippen molar-refractivity contribution in [1.29, 1.82) is 0 Å². The van der Waals surface area contributed by atoms with Crippen LogP contribution in [0.5, 0.6) is 0 Å². The third-order valence-corrected chi connectivity index (χ3v) is 4.40. The van der Waals surface area contributed by atoms with Gasteiger partial charge in [0.25, 0.3) is 5.91 Å². The number of aromatic nitrogens is 4. The summed E-state index contributed by atoms with van der Waals surface area (Å²) in [4.78, 5) is 14.4. The predicted molar refractivity (Wildman–Crippen MR) is 101 cm³/mol. The van der Waals surface area contributed by atoms with E-state index in [1.807, 2.05) is 55.8 Å². The molecule has 3 aromatic rings. The Balaban J connectivity index is 1.43. The zero-order chi connectivity index (χ0) is 18.6. The van der Waals surface area contributed by atoms with Crippen molar-refractivity contribution in [3.05, 3.63) is 66.1 Å². The molecule has 0 spiro atoms. The number of para-hydroxylation sites is 1. The number of anilines is 2. The van der Waals surface area contributed by atoms with Crippen molar-refractivity contribution in [2.24, 2.45) is 7.05 Å². The molecule has 8 heteroatoms. The van der Waals surface area contributed by atoms with E-state index < -0.39 is 0 Å². The highest BCUT2D eigenvalue weighted by Crippen LogP contribution is 2.24. The van der Waals surface area contributed by atoms with Crippen molar-refractivity contribution in [1.82, 2.24) is 20.0 Å². The topological polar surface area (TPSA) is 85.2 Å². The molecular formula is C19H20N6O2. The van der Waals surface area contributed by atoms with Crippen LogP contribution in [0.2, 0.25) is 0 Å². The Morgan fingerprint density at radius 3 is 2.74 bits per heavy atom. The molecule has 0 unspecified atom stereocenters. The molecule has 1 saturated heterocycles. The van der Waals surface area contributed by atoms with E-state index in [9.17, 15) is 4.79 Å². The van der Waals surface area contributed by atoms with Crippen LogP contribution in [-0.2, 0) is 11.8 Å². The fraction of sp³-hybridized carbons (Fsp3) is 0.263. The van der Waals surface area contributed by atoms with Crippen molar-refractivity contribution in [3.8, 4) is 0 Å². The molecule has 8 nitrogen and oxygen atoms in total. The van der Waals surface area contributed by atoms with Crippen molar-refractivity contribution in [2.45, 2.75) is 6.10 Å². The van der Waals surface area contributed by atoms with Gasteiger partial charge < -0.3 is 15.0 Å². The second-order valence-corrected chi connectivity index (χ2v) is 6.35. The molecule has 0 saturated carbocycles. The maximum absolute atomic E-state index is 12.3. The normalized spacial score (nSPS) is 16.9. The van der Waals surface area contributed by atoms with Crippen LogP contribution in [0.4, 0.5) is 11.5 Å². The molecule has 0 bridgehead atoms. The molecule has 1 aromatic carbocycles. The largest absolute Gasteiger partial charge is 0.370 e. The first-order valence-electron chi connectivity index (χ1n) is 8.74. The van der Waals surface area contributed by atoms with Crippen molar-refractivity contribution in [3.63, 3.8) is 0 Å². The molecule has 0 aliphatic carbocycles. The molecular weight excluding hydrogens is 344 g/mol. The lowest BCUT2D eigenvalue weighted by Gasteiger charge is -2.33. The van der Waals surface area contributed by atoms with Gasteiger partial charge in [0.1, 0.15) is 6.10 Å². The van der Waals surface area contributed by atoms with E-state index in [2.05, 4.69) is 25.5 Å². The van der Waals surface area contributed by atoms with Gasteiger partial charge in [-0.1, -0.05) is 18.2 Å². The number of carbonyl (C=O) groups is 1. The van der Waals surface area contributed by atoms with Gasteiger partial charge in [-0.3, -0.25) is 9.48 Å². The van der Waals surface area contributed by atoms with Gasteiger partial charge in [-0.15, -0.1) is 10.2 Å². The van der Waals surface area contributed by atoms with Crippen LogP contribution < -0.4 is 10.2 Å². The van der Waals surface area contributed by atoms with E-state index in [4.69, 9.17) is 4.74 Å². The molecule has 0 radical (unpaired) electrons. The SMILES string of the molecule is Cn1cc([C@H]2CN(c3ccc(C(=O)Nc4ccccc4)nn3)CCO2)cn1. The number of rotatable bonds is 4. The van der Waals surface area contributed by atoms with Gasteiger partial charge in [0.2, 0.25) is 0 Å². The van der Waals surface area contributed by atoms with Crippen LogP contribution in [-0.4, -0.2) is 45.6 Å². The highest BCUT2D eigenvalue weighted by atomic mass is 16.5. The number of amides is 1. The Kier molecular flexibility index (Phi) is 4.80. The van der Waals surface area contributed by atoms with E-state index in [0.29, 0.717) is 13.2 Å². The van der Waals surface area contributed by atoms with Gasteiger partial charge in [-0.05, 0) is 24.3 Å². The van der Waals surface area contributed by atoms with E-state index in [1.165, 1.54) is 0 Å². The van der Waals surface area contributed by atoms with Crippen LogP contribution in [0.3, 0.4) is 0 Å². The van der Waals surface area contributed by atoms with Gasteiger partial charge in [-0.2, -0.15) is 5.10 Å². The Labute approximate surface area is 156 Å². The summed E-state index contributed by atoms with van der Waals surface area (Å²) in [5, 5.41) is 15.3. The zero-order valence-corrected chi connectivity index (χ0v) is 14.9. The molecule has 4 rings (SSSR count). The number of hydrogen-bond acceptors (Lipinski definition) is 6. The van der Waals surface area contributed by atoms with Gasteiger partial charge in [0.05, 0.1) is 19.3 Å². The Hall–Kier alpha value is -3.26. The van der Waals surface area contributed by atoms with E-state index in [-0.39, 0.29) is 17.7 Å². The minimum Gasteiger partial charge on any atom is -0.370 e. The van der Waals surface area contributed by atoms with Crippen molar-refractivity contribution in [2.75, 3.05) is 29.9 Å². The fourth-order valence-electron chi connectivity index (χ4n) is 3.00. The number of morpholine rings is 1. The summed E-state index contributed by atoms with van der Waals surface area (Å²) in [5.74, 6) is 0.443.